The maximum absolute atomic E-state index is 11.9. The first-order valence-electron chi connectivity index (χ1n) is 6.52. The number of ketones is 1. The highest BCUT2D eigenvalue weighted by molar-refractivity contribution is 6.06. The van der Waals surface area contributed by atoms with Gasteiger partial charge in [0.05, 0.1) is 0 Å². The number of carboxylic acid groups (broad SMARTS) is 1. The Bertz CT molecular complexity index is 445. The lowest BCUT2D eigenvalue weighted by atomic mass is 9.81. The molecule has 0 atom stereocenters. The van der Waals surface area contributed by atoms with Crippen LogP contribution in [0.1, 0.15) is 60.4 Å². The average Bonchev–Trinajstić information content (AvgIpc) is 2.39. The quantitative estimate of drug-likeness (QED) is 0.654. The maximum atomic E-state index is 11.9. The third-order valence-electron chi connectivity index (χ3n) is 3.62. The molecular formula is C15H18O3. The number of Topliss-reactive ketones (excluding diaryl/α,β-unsaturated/α-hetero) is 1. The van der Waals surface area contributed by atoms with Gasteiger partial charge in [0.15, 0.2) is 5.78 Å². The molecule has 1 aromatic carbocycles. The van der Waals surface area contributed by atoms with E-state index < -0.39 is 12.4 Å². The van der Waals surface area contributed by atoms with Gasteiger partial charge in [0.25, 0.3) is 0 Å². The Balaban J connectivity index is 2.24. The van der Waals surface area contributed by atoms with Gasteiger partial charge < -0.3 is 5.11 Å². The molecule has 1 aliphatic rings. The average molecular weight is 246 g/mol. The molecule has 18 heavy (non-hydrogen) atoms. The number of carboxylic acids is 1. The molecule has 0 amide bonds. The Hall–Kier alpha value is -1.64. The van der Waals surface area contributed by atoms with E-state index >= 15 is 0 Å². The van der Waals surface area contributed by atoms with E-state index in [0.29, 0.717) is 11.5 Å². The third kappa shape index (κ3) is 2.97. The fourth-order valence-corrected chi connectivity index (χ4v) is 2.75. The molecular weight excluding hydrogens is 228 g/mol. The van der Waals surface area contributed by atoms with Gasteiger partial charge >= 0.3 is 5.97 Å². The Morgan fingerprint density at radius 1 is 1.11 bits per heavy atom. The standard InChI is InChI=1S/C15H18O3/c16-14(10-15(17)18)13-9-5-4-8-12(13)11-6-2-1-3-7-11/h4-5,8-9,11H,1-3,6-7,10H2,(H,17,18). The van der Waals surface area contributed by atoms with Gasteiger partial charge in [0, 0.05) is 5.56 Å². The third-order valence-corrected chi connectivity index (χ3v) is 3.62. The van der Waals surface area contributed by atoms with Crippen molar-refractivity contribution in [1.82, 2.24) is 0 Å². The van der Waals surface area contributed by atoms with Crippen molar-refractivity contribution < 1.29 is 14.7 Å². The first-order chi connectivity index (χ1) is 8.68. The van der Waals surface area contributed by atoms with Crippen molar-refractivity contribution in [2.24, 2.45) is 0 Å². The summed E-state index contributed by atoms with van der Waals surface area (Å²) in [6.07, 6.45) is 5.47. The molecule has 0 radical (unpaired) electrons. The summed E-state index contributed by atoms with van der Waals surface area (Å²) in [5, 5.41) is 8.73. The zero-order chi connectivity index (χ0) is 13.0. The molecule has 1 aliphatic carbocycles. The fraction of sp³-hybridized carbons (Fsp3) is 0.467. The Kier molecular flexibility index (Phi) is 4.13. The number of hydrogen-bond acceptors (Lipinski definition) is 2. The highest BCUT2D eigenvalue weighted by atomic mass is 16.4. The predicted octanol–water partition coefficient (Wildman–Crippen LogP) is 3.39. The van der Waals surface area contributed by atoms with Crippen LogP contribution in [0.5, 0.6) is 0 Å². The van der Waals surface area contributed by atoms with Crippen molar-refractivity contribution in [3.05, 3.63) is 35.4 Å². The molecule has 2 rings (SSSR count). The van der Waals surface area contributed by atoms with Gasteiger partial charge in [-0.3, -0.25) is 9.59 Å². The van der Waals surface area contributed by atoms with Gasteiger partial charge in [0.2, 0.25) is 0 Å². The molecule has 0 heterocycles. The molecule has 1 fully saturated rings. The van der Waals surface area contributed by atoms with Crippen molar-refractivity contribution in [2.45, 2.75) is 44.4 Å². The van der Waals surface area contributed by atoms with Crippen LogP contribution in [0.25, 0.3) is 0 Å². The summed E-state index contributed by atoms with van der Waals surface area (Å²) in [5.41, 5.74) is 1.65. The topological polar surface area (TPSA) is 54.4 Å². The van der Waals surface area contributed by atoms with E-state index in [-0.39, 0.29) is 5.78 Å². The number of rotatable bonds is 4. The van der Waals surface area contributed by atoms with Gasteiger partial charge in [-0.25, -0.2) is 0 Å². The van der Waals surface area contributed by atoms with Crippen LogP contribution in [0.2, 0.25) is 0 Å². The summed E-state index contributed by atoms with van der Waals surface area (Å²) in [6, 6.07) is 7.48. The normalized spacial score (nSPS) is 16.4. The molecule has 96 valence electrons. The molecule has 3 nitrogen and oxygen atoms in total. The van der Waals surface area contributed by atoms with Crippen LogP contribution in [-0.2, 0) is 4.79 Å². The Morgan fingerprint density at radius 3 is 2.44 bits per heavy atom. The predicted molar refractivity (Wildman–Crippen MR) is 68.9 cm³/mol. The zero-order valence-corrected chi connectivity index (χ0v) is 10.4. The van der Waals surface area contributed by atoms with Crippen molar-refractivity contribution in [3.8, 4) is 0 Å². The minimum Gasteiger partial charge on any atom is -0.481 e. The van der Waals surface area contributed by atoms with E-state index in [1.54, 1.807) is 12.1 Å². The first kappa shape index (κ1) is 12.8. The lowest BCUT2D eigenvalue weighted by molar-refractivity contribution is -0.135. The molecule has 0 saturated heterocycles. The second kappa shape index (κ2) is 5.80. The highest BCUT2D eigenvalue weighted by Gasteiger charge is 2.21. The summed E-state index contributed by atoms with van der Waals surface area (Å²) < 4.78 is 0. The Morgan fingerprint density at radius 2 is 1.78 bits per heavy atom. The molecule has 1 N–H and O–H groups in total. The summed E-state index contributed by atoms with van der Waals surface area (Å²) in [7, 11) is 0. The monoisotopic (exact) mass is 246 g/mol. The minimum atomic E-state index is -1.06. The minimum absolute atomic E-state index is 0.274. The zero-order valence-electron chi connectivity index (χ0n) is 10.4. The van der Waals surface area contributed by atoms with Gasteiger partial charge in [-0.2, -0.15) is 0 Å². The van der Waals surface area contributed by atoms with Crippen LogP contribution in [0, 0.1) is 0 Å². The fourth-order valence-electron chi connectivity index (χ4n) is 2.75. The van der Waals surface area contributed by atoms with Crippen molar-refractivity contribution in [3.63, 3.8) is 0 Å². The summed E-state index contributed by atoms with van der Waals surface area (Å²) in [4.78, 5) is 22.6. The number of aliphatic carboxylic acids is 1. The van der Waals surface area contributed by atoms with Crippen LogP contribution in [0.4, 0.5) is 0 Å². The molecule has 1 aromatic rings. The van der Waals surface area contributed by atoms with E-state index in [2.05, 4.69) is 0 Å². The van der Waals surface area contributed by atoms with Gasteiger partial charge in [-0.05, 0) is 24.3 Å². The molecule has 0 aliphatic heterocycles. The maximum Gasteiger partial charge on any atom is 0.311 e. The first-order valence-corrected chi connectivity index (χ1v) is 6.52. The van der Waals surface area contributed by atoms with Crippen LogP contribution in [-0.4, -0.2) is 16.9 Å². The highest BCUT2D eigenvalue weighted by Crippen LogP contribution is 2.34. The molecule has 0 spiro atoms. The summed E-state index contributed by atoms with van der Waals surface area (Å²) in [6.45, 7) is 0. The van der Waals surface area contributed by atoms with Gasteiger partial charge in [0.1, 0.15) is 6.42 Å². The summed E-state index contributed by atoms with van der Waals surface area (Å²) in [5.74, 6) is -0.908. The van der Waals surface area contributed by atoms with Gasteiger partial charge in [-0.1, -0.05) is 43.5 Å². The molecule has 3 heteroatoms. The molecule has 0 bridgehead atoms. The number of benzene rings is 1. The lowest BCUT2D eigenvalue weighted by Crippen LogP contribution is -2.13. The smallest absolute Gasteiger partial charge is 0.311 e. The second-order valence-electron chi connectivity index (χ2n) is 4.92. The van der Waals surface area contributed by atoms with E-state index in [4.69, 9.17) is 5.11 Å². The molecule has 0 aromatic heterocycles. The SMILES string of the molecule is O=C(O)CC(=O)c1ccccc1C1CCCCC1. The largest absolute Gasteiger partial charge is 0.481 e. The van der Waals surface area contributed by atoms with Crippen LogP contribution in [0.15, 0.2) is 24.3 Å². The number of hydrogen-bond donors (Lipinski definition) is 1. The van der Waals surface area contributed by atoms with E-state index in [1.165, 1.54) is 19.3 Å². The lowest BCUT2D eigenvalue weighted by Gasteiger charge is -2.23. The van der Waals surface area contributed by atoms with E-state index in [0.717, 1.165) is 18.4 Å². The van der Waals surface area contributed by atoms with Crippen LogP contribution >= 0.6 is 0 Å². The van der Waals surface area contributed by atoms with E-state index in [1.807, 2.05) is 12.1 Å². The van der Waals surface area contributed by atoms with E-state index in [9.17, 15) is 9.59 Å². The van der Waals surface area contributed by atoms with Crippen molar-refractivity contribution >= 4 is 11.8 Å². The molecule has 1 saturated carbocycles. The van der Waals surface area contributed by atoms with Crippen LogP contribution < -0.4 is 0 Å². The van der Waals surface area contributed by atoms with Gasteiger partial charge in [-0.15, -0.1) is 0 Å². The second-order valence-corrected chi connectivity index (χ2v) is 4.92. The number of carbonyl (C=O) groups excluding carboxylic acids is 1. The number of carbonyl (C=O) groups is 2. The molecule has 0 unspecified atom stereocenters. The summed E-state index contributed by atoms with van der Waals surface area (Å²) >= 11 is 0. The Labute approximate surface area is 107 Å². The van der Waals surface area contributed by atoms with Crippen LogP contribution in [0.3, 0.4) is 0 Å². The van der Waals surface area contributed by atoms with Crippen molar-refractivity contribution in [1.29, 1.82) is 0 Å². The van der Waals surface area contributed by atoms with Crippen molar-refractivity contribution in [2.75, 3.05) is 0 Å².